The molecular formula is C26H20. The van der Waals surface area contributed by atoms with Gasteiger partial charge in [-0.25, -0.2) is 0 Å². The van der Waals surface area contributed by atoms with E-state index >= 15 is 0 Å². The maximum Gasteiger partial charge on any atom is 0.0216 e. The van der Waals surface area contributed by atoms with E-state index in [1.54, 1.807) is 0 Å². The van der Waals surface area contributed by atoms with Gasteiger partial charge in [-0.3, -0.25) is 0 Å². The molecule has 124 valence electrons. The van der Waals surface area contributed by atoms with E-state index in [0.29, 0.717) is 0 Å². The molecule has 0 spiro atoms. The molecule has 14 radical (unpaired) electrons. The minimum absolute atomic E-state index is 1.04. The average molecular weight is 332 g/mol. The van der Waals surface area contributed by atoms with E-state index in [1.807, 2.05) is 0 Å². The summed E-state index contributed by atoms with van der Waals surface area (Å²) in [7, 11) is 0. The summed E-state index contributed by atoms with van der Waals surface area (Å²) in [4.78, 5) is 0. The van der Waals surface area contributed by atoms with Crippen molar-refractivity contribution in [2.24, 2.45) is 0 Å². The van der Waals surface area contributed by atoms with Gasteiger partial charge in [-0.1, -0.05) is 76.2 Å². The van der Waals surface area contributed by atoms with E-state index in [9.17, 15) is 0 Å². The third kappa shape index (κ3) is 3.24. The fourth-order valence-electron chi connectivity index (χ4n) is 3.33. The van der Waals surface area contributed by atoms with Crippen molar-refractivity contribution >= 4 is 0 Å². The van der Waals surface area contributed by atoms with Crippen LogP contribution in [0.15, 0.2) is 48.5 Å². The highest BCUT2D eigenvalue weighted by Crippen LogP contribution is 2.48. The first-order valence-corrected chi connectivity index (χ1v) is 8.90. The molecule has 2 aromatic carbocycles. The fraction of sp³-hybridized carbons (Fsp3) is 0.154. The van der Waals surface area contributed by atoms with Crippen molar-refractivity contribution in [3.05, 3.63) is 121 Å². The third-order valence-electron chi connectivity index (χ3n) is 5.06. The molecule has 2 fully saturated rings. The Kier molecular flexibility index (Phi) is 4.95. The molecule has 0 unspecified atom stereocenters. The second-order valence-corrected chi connectivity index (χ2v) is 6.84. The Balaban J connectivity index is 1.73. The predicted molar refractivity (Wildman–Crippen MR) is 105 cm³/mol. The molecule has 2 aliphatic carbocycles. The van der Waals surface area contributed by atoms with Gasteiger partial charge in [0.15, 0.2) is 0 Å². The Labute approximate surface area is 160 Å². The molecule has 0 atom stereocenters. The topological polar surface area (TPSA) is 0 Å². The van der Waals surface area contributed by atoms with Crippen LogP contribution in [0.1, 0.15) is 38.8 Å². The van der Waals surface area contributed by atoms with Gasteiger partial charge in [0.1, 0.15) is 0 Å². The summed E-state index contributed by atoms with van der Waals surface area (Å²) < 4.78 is 0. The van der Waals surface area contributed by atoms with Gasteiger partial charge in [-0.05, 0) is 45.9 Å². The first kappa shape index (κ1) is 17.8. The van der Waals surface area contributed by atoms with Gasteiger partial charge in [0.2, 0.25) is 0 Å². The van der Waals surface area contributed by atoms with Crippen LogP contribution < -0.4 is 0 Å². The summed E-state index contributed by atoms with van der Waals surface area (Å²) in [6.07, 6.45) is 13.9. The molecule has 0 N–H and O–H groups in total. The van der Waals surface area contributed by atoms with Gasteiger partial charge in [0.25, 0.3) is 0 Å². The standard InChI is InChI=1S/C26H20/c1-17-13-21(14-18(17)2)23-9-5-7-11-25(23)26-12-8-6-10-24(26)22-15-19(3)20(4)16-22/h5-12H,1-4H3. The maximum absolute atomic E-state index is 3.47. The molecule has 4 rings (SSSR count). The third-order valence-corrected chi connectivity index (χ3v) is 5.06. The Morgan fingerprint density at radius 1 is 0.423 bits per heavy atom. The summed E-state index contributed by atoms with van der Waals surface area (Å²) in [5, 5.41) is 0. The van der Waals surface area contributed by atoms with Gasteiger partial charge in [-0.15, -0.1) is 0 Å². The van der Waals surface area contributed by atoms with Gasteiger partial charge < -0.3 is 0 Å². The molecular weight excluding hydrogens is 312 g/mol. The monoisotopic (exact) mass is 332 g/mol. The summed E-state index contributed by atoms with van der Waals surface area (Å²) >= 11 is 0. The van der Waals surface area contributed by atoms with E-state index in [4.69, 9.17) is 0 Å². The zero-order valence-electron chi connectivity index (χ0n) is 15.6. The smallest absolute Gasteiger partial charge is 0.0216 e. The average Bonchev–Trinajstić information content (AvgIpc) is 3.17. The molecule has 2 saturated carbocycles. The van der Waals surface area contributed by atoms with Crippen LogP contribution in [-0.2, 0) is 0 Å². The molecule has 0 heterocycles. The highest BCUT2D eigenvalue weighted by atomic mass is 14.4. The Morgan fingerprint density at radius 2 is 0.692 bits per heavy atom. The SMILES string of the molecule is C[C]1[C][C](c2ccccc2-c2ccccc2[C]2[C][C](C)[C](C)[C]2)[C][C]1C. The van der Waals surface area contributed by atoms with Gasteiger partial charge in [-0.2, -0.15) is 0 Å². The zero-order chi connectivity index (χ0) is 18.3. The minimum atomic E-state index is 1.04. The largest absolute Gasteiger partial charge is 0.0619 e. The maximum atomic E-state index is 3.47. The summed E-state index contributed by atoms with van der Waals surface area (Å²) in [5.74, 6) is 6.71. The molecule has 0 aliphatic heterocycles. The van der Waals surface area contributed by atoms with Crippen molar-refractivity contribution < 1.29 is 0 Å². The van der Waals surface area contributed by atoms with E-state index < -0.39 is 0 Å². The molecule has 0 nitrogen and oxygen atoms in total. The number of hydrogen-bond acceptors (Lipinski definition) is 0. The molecule has 2 aromatic rings. The summed E-state index contributed by atoms with van der Waals surface area (Å²) in [6, 6.07) is 17.0. The molecule has 0 heteroatoms. The second kappa shape index (κ2) is 7.22. The molecule has 0 amide bonds. The number of hydrogen-bond donors (Lipinski definition) is 0. The lowest BCUT2D eigenvalue weighted by Crippen LogP contribution is -2.03. The van der Waals surface area contributed by atoms with Crippen LogP contribution in [0.4, 0.5) is 0 Å². The highest BCUT2D eigenvalue weighted by molar-refractivity contribution is 5.79. The van der Waals surface area contributed by atoms with Crippen LogP contribution >= 0.6 is 0 Å². The molecule has 2 aliphatic rings. The van der Waals surface area contributed by atoms with Gasteiger partial charge >= 0.3 is 0 Å². The zero-order valence-corrected chi connectivity index (χ0v) is 15.6. The Hall–Kier alpha value is -1.56. The van der Waals surface area contributed by atoms with Crippen LogP contribution in [-0.4, -0.2) is 0 Å². The van der Waals surface area contributed by atoms with E-state index in [2.05, 4.69) is 102 Å². The normalized spacial score (nSPS) is 21.8. The highest BCUT2D eigenvalue weighted by Gasteiger charge is 2.35. The fourth-order valence-corrected chi connectivity index (χ4v) is 3.33. The first-order valence-electron chi connectivity index (χ1n) is 8.90. The van der Waals surface area contributed by atoms with Crippen LogP contribution in [0.3, 0.4) is 0 Å². The molecule has 26 heavy (non-hydrogen) atoms. The van der Waals surface area contributed by atoms with Crippen LogP contribution in [0.2, 0.25) is 0 Å². The van der Waals surface area contributed by atoms with Crippen molar-refractivity contribution in [3.63, 3.8) is 0 Å². The van der Waals surface area contributed by atoms with Crippen molar-refractivity contribution in [1.29, 1.82) is 0 Å². The molecule has 0 bridgehead atoms. The lowest BCUT2D eigenvalue weighted by atomic mass is 9.83. The summed E-state index contributed by atoms with van der Waals surface area (Å²) in [5.41, 5.74) is 4.71. The van der Waals surface area contributed by atoms with Crippen molar-refractivity contribution in [1.82, 2.24) is 0 Å². The van der Waals surface area contributed by atoms with E-state index in [1.165, 1.54) is 11.1 Å². The van der Waals surface area contributed by atoms with Crippen molar-refractivity contribution in [2.75, 3.05) is 0 Å². The lowest BCUT2D eigenvalue weighted by molar-refractivity contribution is 1.08. The number of benzene rings is 2. The summed E-state index contributed by atoms with van der Waals surface area (Å²) in [6.45, 7) is 8.35. The first-order chi connectivity index (χ1) is 12.5. The quantitative estimate of drug-likeness (QED) is 0.653. The van der Waals surface area contributed by atoms with Crippen LogP contribution in [0.25, 0.3) is 11.1 Å². The second-order valence-electron chi connectivity index (χ2n) is 6.84. The van der Waals surface area contributed by atoms with Gasteiger partial charge in [0.05, 0.1) is 0 Å². The Bertz CT molecular complexity index is 673. The van der Waals surface area contributed by atoms with E-state index in [0.717, 1.165) is 46.6 Å². The number of rotatable bonds is 3. The van der Waals surface area contributed by atoms with Crippen molar-refractivity contribution in [2.45, 2.75) is 27.7 Å². The lowest BCUT2D eigenvalue weighted by Gasteiger charge is -2.19. The Morgan fingerprint density at radius 3 is 1.00 bits per heavy atom. The van der Waals surface area contributed by atoms with Crippen LogP contribution in [0.5, 0.6) is 0 Å². The molecule has 0 saturated heterocycles. The van der Waals surface area contributed by atoms with E-state index in [-0.39, 0.29) is 0 Å². The molecule has 0 aromatic heterocycles. The minimum Gasteiger partial charge on any atom is -0.0619 e. The van der Waals surface area contributed by atoms with Crippen LogP contribution in [0, 0.1) is 61.2 Å². The van der Waals surface area contributed by atoms with Gasteiger partial charge in [0, 0.05) is 37.5 Å². The van der Waals surface area contributed by atoms with Crippen molar-refractivity contribution in [3.8, 4) is 11.1 Å². The predicted octanol–water partition coefficient (Wildman–Crippen LogP) is 5.93.